The third-order valence-corrected chi connectivity index (χ3v) is 6.30. The first-order chi connectivity index (χ1) is 17.1. The summed E-state index contributed by atoms with van der Waals surface area (Å²) in [7, 11) is 0. The molecule has 0 fully saturated rings. The van der Waals surface area contributed by atoms with Gasteiger partial charge in [0.15, 0.2) is 5.71 Å². The SMILES string of the molecule is CCCCc1nc(C2=N[N+]([O-])=C(C)CC2)cn1Cc1ccc(-c2ccccc2-c2nn[nH]n2)cc1. The van der Waals surface area contributed by atoms with Gasteiger partial charge in [-0.25, -0.2) is 4.98 Å². The summed E-state index contributed by atoms with van der Waals surface area (Å²) in [6.45, 7) is 4.71. The van der Waals surface area contributed by atoms with E-state index in [0.717, 1.165) is 70.2 Å². The normalized spacial score (nSPS) is 13.8. The molecular formula is C26H28N8O. The third kappa shape index (κ3) is 4.89. The van der Waals surface area contributed by atoms with Crippen LogP contribution in [0, 0.1) is 5.21 Å². The first kappa shape index (κ1) is 22.6. The van der Waals surface area contributed by atoms with Gasteiger partial charge < -0.3 is 9.77 Å². The number of unbranched alkanes of at least 4 members (excludes halogenated alkanes) is 1. The molecule has 178 valence electrons. The maximum Gasteiger partial charge on any atom is 0.205 e. The van der Waals surface area contributed by atoms with Gasteiger partial charge in [-0.2, -0.15) is 5.21 Å². The van der Waals surface area contributed by atoms with Crippen LogP contribution in [0.25, 0.3) is 22.5 Å². The average Bonchev–Trinajstić information content (AvgIpc) is 3.56. The van der Waals surface area contributed by atoms with Crippen molar-refractivity contribution in [3.8, 4) is 22.5 Å². The second-order valence-electron chi connectivity index (χ2n) is 8.81. The first-order valence-corrected chi connectivity index (χ1v) is 12.0. The molecule has 1 aliphatic rings. The second kappa shape index (κ2) is 10.0. The van der Waals surface area contributed by atoms with Crippen molar-refractivity contribution in [1.82, 2.24) is 30.2 Å². The first-order valence-electron chi connectivity index (χ1n) is 12.0. The van der Waals surface area contributed by atoms with Crippen LogP contribution in [-0.4, -0.2) is 46.4 Å². The standard InChI is InChI=1S/C26H28N8O/c1-3-4-9-25-27-24(23-15-10-18(2)34(35)30-23)17-33(25)16-19-11-13-20(14-12-19)21-7-5-6-8-22(21)26-28-31-32-29-26/h5-8,11-14,17H,3-4,9-10,15-16H2,1-2H3,(H,28,29,31,32). The van der Waals surface area contributed by atoms with Crippen molar-refractivity contribution in [2.24, 2.45) is 5.10 Å². The lowest BCUT2D eigenvalue weighted by Crippen LogP contribution is -2.19. The molecule has 0 bridgehead atoms. The van der Waals surface area contributed by atoms with Crippen LogP contribution in [0.2, 0.25) is 0 Å². The summed E-state index contributed by atoms with van der Waals surface area (Å²) in [6.07, 6.45) is 6.55. The van der Waals surface area contributed by atoms with Crippen molar-refractivity contribution in [2.75, 3.05) is 0 Å². The fraction of sp³-hybridized carbons (Fsp3) is 0.308. The number of hydrogen-bond acceptors (Lipinski definition) is 6. The van der Waals surface area contributed by atoms with Gasteiger partial charge in [-0.05, 0) is 28.3 Å². The zero-order chi connectivity index (χ0) is 24.2. The monoisotopic (exact) mass is 468 g/mol. The highest BCUT2D eigenvalue weighted by molar-refractivity contribution is 6.01. The molecule has 1 aliphatic heterocycles. The van der Waals surface area contributed by atoms with E-state index in [0.29, 0.717) is 18.8 Å². The van der Waals surface area contributed by atoms with E-state index in [2.05, 4.69) is 67.5 Å². The van der Waals surface area contributed by atoms with E-state index < -0.39 is 0 Å². The fourth-order valence-electron chi connectivity index (χ4n) is 4.28. The van der Waals surface area contributed by atoms with Gasteiger partial charge in [0.2, 0.25) is 5.82 Å². The van der Waals surface area contributed by atoms with Gasteiger partial charge in [-0.15, -0.1) is 10.2 Å². The minimum Gasteiger partial charge on any atom is -0.594 e. The molecule has 4 aromatic rings. The lowest BCUT2D eigenvalue weighted by atomic mass is 9.98. The quantitative estimate of drug-likeness (QED) is 0.300. The molecular weight excluding hydrogens is 440 g/mol. The predicted octanol–water partition coefficient (Wildman–Crippen LogP) is 4.59. The number of hydrazone groups is 1. The number of aromatic amines is 1. The van der Waals surface area contributed by atoms with Gasteiger partial charge in [-0.1, -0.05) is 66.7 Å². The van der Waals surface area contributed by atoms with E-state index in [4.69, 9.17) is 4.98 Å². The highest BCUT2D eigenvalue weighted by Crippen LogP contribution is 2.30. The molecule has 35 heavy (non-hydrogen) atoms. The van der Waals surface area contributed by atoms with Crippen LogP contribution in [0.1, 0.15) is 56.6 Å². The highest BCUT2D eigenvalue weighted by Gasteiger charge is 2.21. The van der Waals surface area contributed by atoms with Crippen LogP contribution >= 0.6 is 0 Å². The Morgan fingerprint density at radius 2 is 1.86 bits per heavy atom. The number of benzene rings is 2. The molecule has 0 saturated heterocycles. The Bertz CT molecular complexity index is 1370. The Balaban J connectivity index is 1.41. The van der Waals surface area contributed by atoms with Crippen LogP contribution < -0.4 is 0 Å². The van der Waals surface area contributed by atoms with E-state index >= 15 is 0 Å². The van der Waals surface area contributed by atoms with Crippen molar-refractivity contribution in [3.63, 3.8) is 0 Å². The molecule has 0 atom stereocenters. The number of aromatic nitrogens is 6. The molecule has 0 unspecified atom stereocenters. The minimum absolute atomic E-state index is 0.575. The van der Waals surface area contributed by atoms with E-state index in [-0.39, 0.29) is 0 Å². The van der Waals surface area contributed by atoms with Gasteiger partial charge in [-0.3, -0.25) is 0 Å². The number of tetrazole rings is 1. The van der Waals surface area contributed by atoms with Crippen molar-refractivity contribution in [3.05, 3.63) is 77.0 Å². The van der Waals surface area contributed by atoms with Crippen molar-refractivity contribution >= 4 is 11.4 Å². The molecule has 0 saturated carbocycles. The van der Waals surface area contributed by atoms with E-state index in [1.54, 1.807) is 0 Å². The molecule has 2 aromatic heterocycles. The van der Waals surface area contributed by atoms with Crippen LogP contribution in [0.5, 0.6) is 0 Å². The van der Waals surface area contributed by atoms with Gasteiger partial charge in [0.05, 0.1) is 0 Å². The Morgan fingerprint density at radius 3 is 2.57 bits per heavy atom. The minimum atomic E-state index is 0.575. The Labute approximate surface area is 203 Å². The molecule has 2 aromatic carbocycles. The Kier molecular flexibility index (Phi) is 6.47. The fourth-order valence-corrected chi connectivity index (χ4v) is 4.28. The van der Waals surface area contributed by atoms with E-state index in [1.165, 1.54) is 5.56 Å². The maximum absolute atomic E-state index is 12.0. The molecule has 9 nitrogen and oxygen atoms in total. The summed E-state index contributed by atoms with van der Waals surface area (Å²) in [5.74, 6) is 1.60. The van der Waals surface area contributed by atoms with Gasteiger partial charge >= 0.3 is 0 Å². The van der Waals surface area contributed by atoms with E-state index in [9.17, 15) is 5.21 Å². The van der Waals surface area contributed by atoms with Crippen LogP contribution in [0.3, 0.4) is 0 Å². The van der Waals surface area contributed by atoms with E-state index in [1.807, 2.05) is 31.3 Å². The average molecular weight is 469 g/mol. The van der Waals surface area contributed by atoms with Gasteiger partial charge in [0.25, 0.3) is 0 Å². The molecule has 5 rings (SSSR count). The lowest BCUT2D eigenvalue weighted by molar-refractivity contribution is -0.466. The topological polar surface area (TPSA) is 111 Å². The smallest absolute Gasteiger partial charge is 0.205 e. The predicted molar refractivity (Wildman–Crippen MR) is 135 cm³/mol. The zero-order valence-corrected chi connectivity index (χ0v) is 20.0. The zero-order valence-electron chi connectivity index (χ0n) is 20.0. The van der Waals surface area contributed by atoms with Crippen LogP contribution in [0.15, 0.2) is 59.8 Å². The van der Waals surface area contributed by atoms with Crippen LogP contribution in [0.4, 0.5) is 0 Å². The third-order valence-electron chi connectivity index (χ3n) is 6.30. The second-order valence-corrected chi connectivity index (χ2v) is 8.81. The lowest BCUT2D eigenvalue weighted by Gasteiger charge is -2.10. The number of hydrogen-bond donors (Lipinski definition) is 1. The Hall–Kier alpha value is -4.14. The van der Waals surface area contributed by atoms with Crippen molar-refractivity contribution in [2.45, 2.75) is 52.5 Å². The molecule has 0 radical (unpaired) electrons. The number of imidazole rings is 1. The van der Waals surface area contributed by atoms with Crippen molar-refractivity contribution < 1.29 is 4.85 Å². The van der Waals surface area contributed by atoms with Gasteiger partial charge in [0.1, 0.15) is 17.2 Å². The van der Waals surface area contributed by atoms with Gasteiger partial charge in [0, 0.05) is 49.6 Å². The molecule has 0 amide bonds. The summed E-state index contributed by atoms with van der Waals surface area (Å²) < 4.78 is 2.19. The summed E-state index contributed by atoms with van der Waals surface area (Å²) in [5, 5.41) is 30.7. The number of aryl methyl sites for hydroxylation is 1. The Morgan fingerprint density at radius 1 is 1.06 bits per heavy atom. The molecule has 3 heterocycles. The number of H-pyrrole nitrogens is 1. The summed E-state index contributed by atoms with van der Waals surface area (Å²) in [4.78, 5) is 5.60. The maximum atomic E-state index is 12.0. The summed E-state index contributed by atoms with van der Waals surface area (Å²) >= 11 is 0. The molecule has 0 aliphatic carbocycles. The summed E-state index contributed by atoms with van der Waals surface area (Å²) in [6, 6.07) is 16.6. The largest absolute Gasteiger partial charge is 0.594 e. The number of nitrogens with zero attached hydrogens (tertiary/aromatic N) is 7. The van der Waals surface area contributed by atoms with Crippen LogP contribution in [-0.2, 0) is 13.0 Å². The highest BCUT2D eigenvalue weighted by atomic mass is 16.5. The number of nitrogens with one attached hydrogen (secondary N) is 1. The molecule has 9 heteroatoms. The molecule has 0 spiro atoms. The van der Waals surface area contributed by atoms with Crippen molar-refractivity contribution in [1.29, 1.82) is 0 Å². The summed E-state index contributed by atoms with van der Waals surface area (Å²) in [5.41, 5.74) is 6.55. The molecule has 1 N–H and O–H groups in total. The number of rotatable bonds is 8.